The number of halogens is 1. The molecule has 0 saturated heterocycles. The molecule has 1 rings (SSSR count). The van der Waals surface area contributed by atoms with Gasteiger partial charge >= 0.3 is 0 Å². The zero-order chi connectivity index (χ0) is 7.56. The van der Waals surface area contributed by atoms with E-state index in [1.54, 1.807) is 0 Å². The molecule has 0 bridgehead atoms. The van der Waals surface area contributed by atoms with Gasteiger partial charge in [0.1, 0.15) is 5.82 Å². The van der Waals surface area contributed by atoms with Crippen molar-refractivity contribution >= 4 is 23.7 Å². The highest BCUT2D eigenvalue weighted by Crippen LogP contribution is 2.13. The molecule has 0 radical (unpaired) electrons. The highest BCUT2D eigenvalue weighted by molar-refractivity contribution is 6.32. The summed E-state index contributed by atoms with van der Waals surface area (Å²) in [7, 11) is 0. The summed E-state index contributed by atoms with van der Waals surface area (Å²) in [4.78, 5) is 13.9. The second-order valence-corrected chi connectivity index (χ2v) is 2.16. The van der Waals surface area contributed by atoms with Gasteiger partial charge in [-0.2, -0.15) is 0 Å². The summed E-state index contributed by atoms with van der Waals surface area (Å²) >= 11 is 5.55. The van der Waals surface area contributed by atoms with Crippen molar-refractivity contribution < 1.29 is 4.79 Å². The number of carbonyl (C=O) groups is 1. The molecule has 1 aromatic rings. The van der Waals surface area contributed by atoms with Gasteiger partial charge < -0.3 is 5.73 Å². The van der Waals surface area contributed by atoms with Gasteiger partial charge in [-0.15, -0.1) is 0 Å². The van der Waals surface area contributed by atoms with Gasteiger partial charge in [0.05, 0.1) is 5.02 Å². The van der Waals surface area contributed by atoms with Gasteiger partial charge in [-0.3, -0.25) is 4.79 Å². The standard InChI is InChI=1S/C6H5ClN2O/c7-5-2-9-6(8)1-4(5)3-10/h1-3H,(H2,8,9). The Kier molecular flexibility index (Phi) is 1.87. The van der Waals surface area contributed by atoms with E-state index < -0.39 is 0 Å². The summed E-state index contributed by atoms with van der Waals surface area (Å²) in [5.41, 5.74) is 5.64. The Morgan fingerprint density at radius 1 is 1.70 bits per heavy atom. The van der Waals surface area contributed by atoms with Crippen LogP contribution in [0.2, 0.25) is 5.02 Å². The van der Waals surface area contributed by atoms with Crippen molar-refractivity contribution in [1.82, 2.24) is 4.98 Å². The van der Waals surface area contributed by atoms with Gasteiger partial charge in [0.25, 0.3) is 0 Å². The van der Waals surface area contributed by atoms with Crippen molar-refractivity contribution in [3.63, 3.8) is 0 Å². The molecule has 3 nitrogen and oxygen atoms in total. The molecule has 0 fully saturated rings. The van der Waals surface area contributed by atoms with Crippen LogP contribution in [0.15, 0.2) is 12.3 Å². The van der Waals surface area contributed by atoms with Crippen LogP contribution in [0.5, 0.6) is 0 Å². The molecular weight excluding hydrogens is 152 g/mol. The number of pyridine rings is 1. The zero-order valence-electron chi connectivity index (χ0n) is 5.04. The first-order valence-corrected chi connectivity index (χ1v) is 2.98. The fourth-order valence-electron chi connectivity index (χ4n) is 0.562. The summed E-state index contributed by atoms with van der Waals surface area (Å²) in [6.45, 7) is 0. The van der Waals surface area contributed by atoms with Crippen molar-refractivity contribution in [1.29, 1.82) is 0 Å². The number of nitrogen functional groups attached to an aromatic ring is 1. The number of hydrogen-bond acceptors (Lipinski definition) is 3. The molecule has 0 saturated carbocycles. The zero-order valence-corrected chi connectivity index (χ0v) is 5.80. The molecule has 0 atom stereocenters. The lowest BCUT2D eigenvalue weighted by molar-refractivity contribution is 0.112. The Bertz CT molecular complexity index is 262. The van der Waals surface area contributed by atoms with Crippen LogP contribution < -0.4 is 5.73 Å². The molecule has 0 aliphatic carbocycles. The maximum atomic E-state index is 10.2. The predicted octanol–water partition coefficient (Wildman–Crippen LogP) is 1.13. The Morgan fingerprint density at radius 2 is 2.40 bits per heavy atom. The van der Waals surface area contributed by atoms with Crippen LogP contribution >= 0.6 is 11.6 Å². The molecule has 0 unspecified atom stereocenters. The smallest absolute Gasteiger partial charge is 0.151 e. The lowest BCUT2D eigenvalue weighted by atomic mass is 10.3. The van der Waals surface area contributed by atoms with Gasteiger partial charge in [0.2, 0.25) is 0 Å². The third-order valence-electron chi connectivity index (χ3n) is 1.03. The number of anilines is 1. The number of carbonyl (C=O) groups excluding carboxylic acids is 1. The Morgan fingerprint density at radius 3 is 2.90 bits per heavy atom. The fraction of sp³-hybridized carbons (Fsp3) is 0. The van der Waals surface area contributed by atoms with Crippen LogP contribution in [0, 0.1) is 0 Å². The van der Waals surface area contributed by atoms with Crippen LogP contribution in [0.25, 0.3) is 0 Å². The highest BCUT2D eigenvalue weighted by atomic mass is 35.5. The summed E-state index contributed by atoms with van der Waals surface area (Å²) in [6, 6.07) is 1.43. The number of aldehydes is 1. The monoisotopic (exact) mass is 156 g/mol. The molecule has 0 aliphatic rings. The second-order valence-electron chi connectivity index (χ2n) is 1.75. The summed E-state index contributed by atoms with van der Waals surface area (Å²) in [6.07, 6.45) is 1.99. The van der Waals surface area contributed by atoms with Crippen molar-refractivity contribution in [2.24, 2.45) is 0 Å². The lowest BCUT2D eigenvalue weighted by Gasteiger charge is -1.94. The summed E-state index contributed by atoms with van der Waals surface area (Å²) in [5, 5.41) is 0.323. The molecule has 0 amide bonds. The summed E-state index contributed by atoms with van der Waals surface area (Å²) < 4.78 is 0. The minimum Gasteiger partial charge on any atom is -0.384 e. The van der Waals surface area contributed by atoms with Gasteiger partial charge in [-0.1, -0.05) is 11.6 Å². The summed E-state index contributed by atoms with van der Waals surface area (Å²) in [5.74, 6) is 0.298. The van der Waals surface area contributed by atoms with Crippen molar-refractivity contribution in [2.75, 3.05) is 5.73 Å². The maximum Gasteiger partial charge on any atom is 0.151 e. The number of aromatic nitrogens is 1. The average Bonchev–Trinajstić information content (AvgIpc) is 1.94. The Labute approximate surface area is 62.8 Å². The molecule has 52 valence electrons. The topological polar surface area (TPSA) is 56.0 Å². The third kappa shape index (κ3) is 1.25. The minimum absolute atomic E-state index is 0.298. The molecule has 1 aromatic heterocycles. The van der Waals surface area contributed by atoms with E-state index in [-0.39, 0.29) is 0 Å². The average molecular weight is 157 g/mol. The van der Waals surface area contributed by atoms with E-state index in [1.165, 1.54) is 12.3 Å². The largest absolute Gasteiger partial charge is 0.384 e. The van der Waals surface area contributed by atoms with Crippen LogP contribution in [-0.2, 0) is 0 Å². The molecule has 2 N–H and O–H groups in total. The quantitative estimate of drug-likeness (QED) is 0.621. The third-order valence-corrected chi connectivity index (χ3v) is 1.35. The highest BCUT2D eigenvalue weighted by Gasteiger charge is 1.98. The van der Waals surface area contributed by atoms with Gasteiger partial charge in [0, 0.05) is 11.8 Å². The van der Waals surface area contributed by atoms with Gasteiger partial charge in [-0.25, -0.2) is 4.98 Å². The SMILES string of the molecule is Nc1cc(C=O)c(Cl)cn1. The van der Waals surface area contributed by atoms with Gasteiger partial charge in [0.15, 0.2) is 6.29 Å². The van der Waals surface area contributed by atoms with Crippen molar-refractivity contribution in [3.8, 4) is 0 Å². The van der Waals surface area contributed by atoms with Crippen LogP contribution in [0.4, 0.5) is 5.82 Å². The van der Waals surface area contributed by atoms with Crippen LogP contribution in [0.3, 0.4) is 0 Å². The molecule has 0 spiro atoms. The van der Waals surface area contributed by atoms with Crippen LogP contribution in [-0.4, -0.2) is 11.3 Å². The van der Waals surface area contributed by atoms with E-state index >= 15 is 0 Å². The lowest BCUT2D eigenvalue weighted by Crippen LogP contribution is -1.91. The normalized spacial score (nSPS) is 9.30. The van der Waals surface area contributed by atoms with E-state index in [9.17, 15) is 4.79 Å². The molecule has 0 aliphatic heterocycles. The second kappa shape index (κ2) is 2.66. The molecule has 1 heterocycles. The minimum atomic E-state index is 0.298. The fourth-order valence-corrected chi connectivity index (χ4v) is 0.709. The maximum absolute atomic E-state index is 10.2. The number of nitrogens with zero attached hydrogens (tertiary/aromatic N) is 1. The number of rotatable bonds is 1. The molecular formula is C6H5ClN2O. The van der Waals surface area contributed by atoms with Crippen molar-refractivity contribution in [3.05, 3.63) is 22.8 Å². The first-order valence-electron chi connectivity index (χ1n) is 2.60. The van der Waals surface area contributed by atoms with Crippen LogP contribution in [0.1, 0.15) is 10.4 Å². The molecule has 10 heavy (non-hydrogen) atoms. The van der Waals surface area contributed by atoms with E-state index in [0.29, 0.717) is 22.7 Å². The van der Waals surface area contributed by atoms with Gasteiger partial charge in [-0.05, 0) is 6.07 Å². The first kappa shape index (κ1) is 7.02. The van der Waals surface area contributed by atoms with E-state index in [2.05, 4.69) is 4.98 Å². The first-order chi connectivity index (χ1) is 4.74. The Balaban J connectivity index is 3.21. The van der Waals surface area contributed by atoms with E-state index in [1.807, 2.05) is 0 Å². The van der Waals surface area contributed by atoms with E-state index in [4.69, 9.17) is 17.3 Å². The van der Waals surface area contributed by atoms with E-state index in [0.717, 1.165) is 0 Å². The Hall–Kier alpha value is -1.09. The predicted molar refractivity (Wildman–Crippen MR) is 39.0 cm³/mol. The number of hydrogen-bond donors (Lipinski definition) is 1. The molecule has 0 aromatic carbocycles. The molecule has 4 heteroatoms. The van der Waals surface area contributed by atoms with Crippen molar-refractivity contribution in [2.45, 2.75) is 0 Å². The number of nitrogens with two attached hydrogens (primary N) is 1.